The number of hydrogen-bond acceptors (Lipinski definition) is 5. The van der Waals surface area contributed by atoms with Crippen LogP contribution in [0.1, 0.15) is 6.92 Å². The first-order valence-electron chi connectivity index (χ1n) is 5.73. The summed E-state index contributed by atoms with van der Waals surface area (Å²) in [7, 11) is 0. The zero-order valence-corrected chi connectivity index (χ0v) is 12.2. The van der Waals surface area contributed by atoms with Gasteiger partial charge in [0, 0.05) is 11.3 Å². The zero-order valence-electron chi connectivity index (χ0n) is 10.5. The molecule has 1 heterocycles. The molecule has 0 amide bonds. The summed E-state index contributed by atoms with van der Waals surface area (Å²) in [5, 5.41) is 19.9. The van der Waals surface area contributed by atoms with Crippen LogP contribution in [0.5, 0.6) is 0 Å². The number of carbonyl (C=O) groups is 1. The van der Waals surface area contributed by atoms with Gasteiger partial charge in [0.25, 0.3) is 0 Å². The number of carboxylic acids is 1. The molecule has 0 aliphatic carbocycles. The molecular formula is C12H12N4O2S2. The second kappa shape index (κ2) is 6.02. The Bertz CT molecular complexity index is 639. The lowest BCUT2D eigenvalue weighted by molar-refractivity contribution is -0.138. The second-order valence-corrected chi connectivity index (χ2v) is 4.99. The highest BCUT2D eigenvalue weighted by Crippen LogP contribution is 2.19. The molecule has 0 saturated carbocycles. The van der Waals surface area contributed by atoms with Gasteiger partial charge in [0.15, 0.2) is 11.0 Å². The Morgan fingerprint density at radius 2 is 2.05 bits per heavy atom. The molecule has 0 radical (unpaired) electrons. The van der Waals surface area contributed by atoms with Crippen LogP contribution in [0.25, 0.3) is 11.4 Å². The molecule has 0 fully saturated rings. The Morgan fingerprint density at radius 1 is 1.40 bits per heavy atom. The molecule has 2 aromatic rings. The molecule has 1 unspecified atom stereocenters. The summed E-state index contributed by atoms with van der Waals surface area (Å²) in [4.78, 5) is 14.0. The van der Waals surface area contributed by atoms with E-state index in [1.54, 1.807) is 12.1 Å². The van der Waals surface area contributed by atoms with Gasteiger partial charge in [-0.05, 0) is 31.2 Å². The molecule has 1 atom stereocenters. The number of aliphatic carboxylic acids is 1. The van der Waals surface area contributed by atoms with E-state index in [1.807, 2.05) is 12.1 Å². The molecule has 0 aliphatic heterocycles. The Morgan fingerprint density at radius 3 is 2.55 bits per heavy atom. The Labute approximate surface area is 126 Å². The van der Waals surface area contributed by atoms with Gasteiger partial charge >= 0.3 is 5.97 Å². The van der Waals surface area contributed by atoms with E-state index >= 15 is 0 Å². The van der Waals surface area contributed by atoms with Crippen molar-refractivity contribution in [2.45, 2.75) is 12.1 Å². The molecule has 0 saturated heterocycles. The smallest absolute Gasteiger partial charge is 0.313 e. The van der Waals surface area contributed by atoms with Gasteiger partial charge in [0.05, 0.1) is 4.99 Å². The van der Waals surface area contributed by atoms with Crippen molar-refractivity contribution in [1.82, 2.24) is 15.2 Å². The van der Waals surface area contributed by atoms with Gasteiger partial charge in [-0.3, -0.25) is 4.79 Å². The van der Waals surface area contributed by atoms with Crippen molar-refractivity contribution in [3.8, 4) is 11.4 Å². The minimum atomic E-state index is -0.956. The zero-order chi connectivity index (χ0) is 14.7. The fourth-order valence-corrected chi connectivity index (χ4v) is 1.83. The van der Waals surface area contributed by atoms with Crippen LogP contribution in [0.15, 0.2) is 29.4 Å². The molecule has 8 heteroatoms. The number of anilines is 1. The highest BCUT2D eigenvalue weighted by molar-refractivity contribution is 7.80. The van der Waals surface area contributed by atoms with E-state index in [1.165, 1.54) is 6.92 Å². The molecule has 3 N–H and O–H groups in total. The van der Waals surface area contributed by atoms with E-state index in [2.05, 4.69) is 33.1 Å². The largest absolute Gasteiger partial charge is 0.481 e. The molecular weight excluding hydrogens is 296 g/mol. The van der Waals surface area contributed by atoms with Gasteiger partial charge < -0.3 is 15.4 Å². The van der Waals surface area contributed by atoms with Crippen molar-refractivity contribution in [3.63, 3.8) is 0 Å². The van der Waals surface area contributed by atoms with Crippen LogP contribution in [-0.4, -0.2) is 31.2 Å². The maximum atomic E-state index is 10.8. The van der Waals surface area contributed by atoms with Crippen molar-refractivity contribution < 1.29 is 9.90 Å². The average molecular weight is 308 g/mol. The predicted molar refractivity (Wildman–Crippen MR) is 82.1 cm³/mol. The minimum Gasteiger partial charge on any atom is -0.481 e. The van der Waals surface area contributed by atoms with Crippen molar-refractivity contribution in [2.24, 2.45) is 5.92 Å². The van der Waals surface area contributed by atoms with E-state index in [0.29, 0.717) is 11.0 Å². The summed E-state index contributed by atoms with van der Waals surface area (Å²) >= 11 is 9.08. The van der Waals surface area contributed by atoms with E-state index in [4.69, 9.17) is 17.3 Å². The Hall–Kier alpha value is -1.93. The first-order valence-corrected chi connectivity index (χ1v) is 6.58. The number of H-pyrrole nitrogens is 1. The van der Waals surface area contributed by atoms with Crippen LogP contribution >= 0.6 is 24.8 Å². The first-order chi connectivity index (χ1) is 9.47. The normalized spacial score (nSPS) is 11.9. The summed E-state index contributed by atoms with van der Waals surface area (Å²) in [5.74, 6) is -1.07. The summed E-state index contributed by atoms with van der Waals surface area (Å²) in [5.41, 5.74) is 1.57. The molecule has 1 aromatic heterocycles. The molecule has 0 spiro atoms. The standard InChI is InChI=1S/C12H12N4O2S2/c1-6(11(17)18)10(19)13-8-4-2-7(3-5-8)9-14-12(20)16-15-9/h2-6H,1H3,(H,13,19)(H,17,18)(H2,14,15,16,20). The fourth-order valence-electron chi connectivity index (χ4n) is 1.46. The lowest BCUT2D eigenvalue weighted by Gasteiger charge is -2.11. The van der Waals surface area contributed by atoms with E-state index in [0.717, 1.165) is 11.3 Å². The van der Waals surface area contributed by atoms with Gasteiger partial charge in [-0.15, -0.1) is 22.8 Å². The highest BCUT2D eigenvalue weighted by atomic mass is 32.1. The number of aromatic amines is 1. The average Bonchev–Trinajstić information content (AvgIpc) is 2.85. The number of nitrogens with one attached hydrogen (secondary N) is 2. The number of thiocarbonyl (C=S) groups is 1. The van der Waals surface area contributed by atoms with E-state index in [9.17, 15) is 4.79 Å². The first kappa shape index (κ1) is 14.5. The highest BCUT2D eigenvalue weighted by Gasteiger charge is 2.16. The summed E-state index contributed by atoms with van der Waals surface area (Å²) in [6, 6.07) is 7.22. The molecule has 104 valence electrons. The van der Waals surface area contributed by atoms with Crippen LogP contribution in [0.2, 0.25) is 0 Å². The Kier molecular flexibility index (Phi) is 4.35. The summed E-state index contributed by atoms with van der Waals surface area (Å²) in [6.45, 7) is 1.54. The number of hydrogen-bond donors (Lipinski definition) is 4. The number of rotatable bonds is 4. The van der Waals surface area contributed by atoms with Crippen LogP contribution < -0.4 is 5.32 Å². The number of aromatic nitrogens is 3. The quantitative estimate of drug-likeness (QED) is 0.511. The molecule has 1 aromatic carbocycles. The minimum absolute atomic E-state index is 0.266. The fraction of sp³-hybridized carbons (Fsp3) is 0.167. The maximum Gasteiger partial charge on any atom is 0.313 e. The maximum absolute atomic E-state index is 10.8. The topological polar surface area (TPSA) is 90.9 Å². The lowest BCUT2D eigenvalue weighted by atomic mass is 10.1. The van der Waals surface area contributed by atoms with Gasteiger partial charge in [-0.2, -0.15) is 0 Å². The van der Waals surface area contributed by atoms with Crippen molar-refractivity contribution >= 4 is 41.5 Å². The van der Waals surface area contributed by atoms with Gasteiger partial charge in [0.2, 0.25) is 0 Å². The molecule has 2 rings (SSSR count). The third-order valence-corrected chi connectivity index (χ3v) is 3.32. The van der Waals surface area contributed by atoms with Crippen molar-refractivity contribution in [2.75, 3.05) is 5.32 Å². The van der Waals surface area contributed by atoms with E-state index < -0.39 is 11.9 Å². The molecule has 20 heavy (non-hydrogen) atoms. The van der Waals surface area contributed by atoms with Crippen molar-refractivity contribution in [3.05, 3.63) is 24.3 Å². The Balaban J connectivity index is 2.09. The third-order valence-electron chi connectivity index (χ3n) is 2.66. The summed E-state index contributed by atoms with van der Waals surface area (Å²) in [6.07, 6.45) is 0. The third kappa shape index (κ3) is 3.34. The van der Waals surface area contributed by atoms with Crippen LogP contribution in [0.4, 0.5) is 5.69 Å². The van der Waals surface area contributed by atoms with Gasteiger partial charge in [0.1, 0.15) is 5.92 Å². The number of carboxylic acid groups (broad SMARTS) is 1. The monoisotopic (exact) mass is 308 g/mol. The lowest BCUT2D eigenvalue weighted by Crippen LogP contribution is -2.25. The van der Waals surface area contributed by atoms with Crippen LogP contribution in [0, 0.1) is 5.92 Å². The predicted octanol–water partition coefficient (Wildman–Crippen LogP) is 2.22. The number of benzene rings is 1. The molecule has 0 aliphatic rings. The van der Waals surface area contributed by atoms with Gasteiger partial charge in [-0.25, -0.2) is 0 Å². The number of nitrogens with zero attached hydrogens (tertiary/aromatic N) is 2. The second-order valence-electron chi connectivity index (χ2n) is 4.12. The molecule has 0 bridgehead atoms. The molecule has 6 nitrogen and oxygen atoms in total. The summed E-state index contributed by atoms with van der Waals surface area (Å²) < 4.78 is 0. The van der Waals surface area contributed by atoms with Crippen LogP contribution in [0.3, 0.4) is 0 Å². The SMILES string of the molecule is CC(C(=O)O)C(=S)Nc1ccc(-c2nnc(S)[nH]2)cc1. The van der Waals surface area contributed by atoms with Crippen molar-refractivity contribution in [1.29, 1.82) is 0 Å². The van der Waals surface area contributed by atoms with Crippen LogP contribution in [-0.2, 0) is 4.79 Å². The number of thiol groups is 1. The van der Waals surface area contributed by atoms with E-state index in [-0.39, 0.29) is 4.99 Å². The van der Waals surface area contributed by atoms with Gasteiger partial charge in [-0.1, -0.05) is 12.2 Å².